The van der Waals surface area contributed by atoms with E-state index in [1.54, 1.807) is 14.2 Å². The summed E-state index contributed by atoms with van der Waals surface area (Å²) in [5, 5.41) is 3.54. The topological polar surface area (TPSA) is 30.5 Å². The summed E-state index contributed by atoms with van der Waals surface area (Å²) in [5.74, 6) is 2.29. The third-order valence-corrected chi connectivity index (χ3v) is 3.69. The Morgan fingerprint density at radius 1 is 1.16 bits per heavy atom. The predicted octanol–water partition coefficient (Wildman–Crippen LogP) is 3.78. The Bertz CT molecular complexity index is 454. The molecule has 3 nitrogen and oxygen atoms in total. The number of allylic oxidation sites excluding steroid dienone is 2. The van der Waals surface area contributed by atoms with Crippen LogP contribution in [0.2, 0.25) is 0 Å². The summed E-state index contributed by atoms with van der Waals surface area (Å²) < 4.78 is 10.7. The molecular formula is C16H23NO2. The van der Waals surface area contributed by atoms with E-state index in [0.29, 0.717) is 0 Å². The Morgan fingerprint density at radius 3 is 2.53 bits per heavy atom. The first-order valence-corrected chi connectivity index (χ1v) is 6.86. The molecule has 1 aliphatic rings. The quantitative estimate of drug-likeness (QED) is 0.818. The maximum absolute atomic E-state index is 5.35. The van der Waals surface area contributed by atoms with E-state index in [-0.39, 0.29) is 0 Å². The summed E-state index contributed by atoms with van der Waals surface area (Å²) in [6.45, 7) is 3.10. The Morgan fingerprint density at radius 2 is 1.89 bits per heavy atom. The van der Waals surface area contributed by atoms with Crippen LogP contribution in [0.15, 0.2) is 24.3 Å². The Balaban J connectivity index is 2.05. The minimum absolute atomic E-state index is 0.734. The summed E-state index contributed by atoms with van der Waals surface area (Å²) in [6, 6.07) is 4.04. The molecule has 1 aliphatic carbocycles. The van der Waals surface area contributed by atoms with E-state index in [9.17, 15) is 0 Å². The number of benzene rings is 1. The average Bonchev–Trinajstić information content (AvgIpc) is 2.46. The number of hydrogen-bond acceptors (Lipinski definition) is 3. The fraction of sp³-hybridized carbons (Fsp3) is 0.500. The molecule has 1 N–H and O–H groups in total. The number of hydrogen-bond donors (Lipinski definition) is 1. The van der Waals surface area contributed by atoms with Crippen LogP contribution in [0.4, 0.5) is 5.69 Å². The van der Waals surface area contributed by atoms with E-state index < -0.39 is 0 Å². The zero-order valence-electron chi connectivity index (χ0n) is 12.0. The summed E-state index contributed by atoms with van der Waals surface area (Å²) in [4.78, 5) is 0. The van der Waals surface area contributed by atoms with Gasteiger partial charge in [-0.2, -0.15) is 0 Å². The highest BCUT2D eigenvalue weighted by atomic mass is 16.5. The first kappa shape index (κ1) is 13.8. The number of methoxy groups -OCH3 is 2. The molecule has 0 saturated carbocycles. The van der Waals surface area contributed by atoms with E-state index in [1.807, 2.05) is 12.1 Å². The van der Waals surface area contributed by atoms with Crippen molar-refractivity contribution in [3.63, 3.8) is 0 Å². The van der Waals surface area contributed by atoms with Crippen LogP contribution in [0.3, 0.4) is 0 Å². The van der Waals surface area contributed by atoms with E-state index in [1.165, 1.54) is 24.8 Å². The standard InChI is InChI=1S/C16H23NO2/c1-12-9-15(18-2)16(19-3)10-14(12)17-11-13-7-5-4-6-8-13/h4-5,9-10,13,17H,6-8,11H2,1-3H3. The molecule has 0 spiro atoms. The first-order valence-electron chi connectivity index (χ1n) is 6.86. The lowest BCUT2D eigenvalue weighted by Crippen LogP contribution is -2.15. The van der Waals surface area contributed by atoms with Gasteiger partial charge >= 0.3 is 0 Å². The molecule has 0 fully saturated rings. The minimum atomic E-state index is 0.734. The van der Waals surface area contributed by atoms with Gasteiger partial charge in [0, 0.05) is 18.3 Å². The van der Waals surface area contributed by atoms with Crippen molar-refractivity contribution in [3.8, 4) is 11.5 Å². The van der Waals surface area contributed by atoms with Crippen molar-refractivity contribution in [2.45, 2.75) is 26.2 Å². The van der Waals surface area contributed by atoms with Gasteiger partial charge in [0.05, 0.1) is 14.2 Å². The average molecular weight is 261 g/mol. The number of nitrogens with one attached hydrogen (secondary N) is 1. The first-order chi connectivity index (χ1) is 9.24. The second-order valence-electron chi connectivity index (χ2n) is 5.05. The van der Waals surface area contributed by atoms with Gasteiger partial charge in [-0.15, -0.1) is 0 Å². The van der Waals surface area contributed by atoms with Gasteiger partial charge in [0.2, 0.25) is 0 Å². The van der Waals surface area contributed by atoms with E-state index in [0.717, 1.165) is 29.6 Å². The molecule has 0 amide bonds. The third-order valence-electron chi connectivity index (χ3n) is 3.69. The molecule has 0 saturated heterocycles. The van der Waals surface area contributed by atoms with Gasteiger partial charge in [0.1, 0.15) is 0 Å². The van der Waals surface area contributed by atoms with Crippen molar-refractivity contribution in [1.29, 1.82) is 0 Å². The van der Waals surface area contributed by atoms with Gasteiger partial charge in [0.25, 0.3) is 0 Å². The summed E-state index contributed by atoms with van der Waals surface area (Å²) in [6.07, 6.45) is 8.22. The van der Waals surface area contributed by atoms with Gasteiger partial charge in [0.15, 0.2) is 11.5 Å². The van der Waals surface area contributed by atoms with Crippen molar-refractivity contribution in [2.75, 3.05) is 26.1 Å². The summed E-state index contributed by atoms with van der Waals surface area (Å²) in [7, 11) is 3.33. The normalized spacial score (nSPS) is 18.2. The van der Waals surface area contributed by atoms with Gasteiger partial charge in [-0.3, -0.25) is 0 Å². The monoisotopic (exact) mass is 261 g/mol. The maximum Gasteiger partial charge on any atom is 0.162 e. The molecule has 0 heterocycles. The van der Waals surface area contributed by atoms with Crippen molar-refractivity contribution in [2.24, 2.45) is 5.92 Å². The molecule has 1 aromatic rings. The number of anilines is 1. The molecule has 1 unspecified atom stereocenters. The summed E-state index contributed by atoms with van der Waals surface area (Å²) in [5.41, 5.74) is 2.32. The Labute approximate surface area is 115 Å². The van der Waals surface area contributed by atoms with E-state index in [2.05, 4.69) is 24.4 Å². The highest BCUT2D eigenvalue weighted by Gasteiger charge is 2.12. The number of ether oxygens (including phenoxy) is 2. The highest BCUT2D eigenvalue weighted by Crippen LogP contribution is 2.33. The fourth-order valence-corrected chi connectivity index (χ4v) is 2.47. The van der Waals surface area contributed by atoms with Crippen molar-refractivity contribution in [3.05, 3.63) is 29.8 Å². The number of rotatable bonds is 5. The van der Waals surface area contributed by atoms with Crippen molar-refractivity contribution >= 4 is 5.69 Å². The molecule has 104 valence electrons. The molecule has 1 aromatic carbocycles. The fourth-order valence-electron chi connectivity index (χ4n) is 2.47. The second kappa shape index (κ2) is 6.50. The molecule has 0 aliphatic heterocycles. The van der Waals surface area contributed by atoms with Crippen LogP contribution < -0.4 is 14.8 Å². The van der Waals surface area contributed by atoms with Crippen LogP contribution in [0.5, 0.6) is 11.5 Å². The summed E-state index contributed by atoms with van der Waals surface area (Å²) >= 11 is 0. The minimum Gasteiger partial charge on any atom is -0.493 e. The van der Waals surface area contributed by atoms with Crippen LogP contribution in [-0.2, 0) is 0 Å². The second-order valence-corrected chi connectivity index (χ2v) is 5.05. The van der Waals surface area contributed by atoms with Crippen molar-refractivity contribution < 1.29 is 9.47 Å². The van der Waals surface area contributed by atoms with Crippen LogP contribution in [0.1, 0.15) is 24.8 Å². The van der Waals surface area contributed by atoms with E-state index in [4.69, 9.17) is 9.47 Å². The molecular weight excluding hydrogens is 238 g/mol. The third kappa shape index (κ3) is 3.43. The highest BCUT2D eigenvalue weighted by molar-refractivity contribution is 5.60. The van der Waals surface area contributed by atoms with E-state index >= 15 is 0 Å². The Hall–Kier alpha value is -1.64. The van der Waals surface area contributed by atoms with Crippen LogP contribution in [0, 0.1) is 12.8 Å². The smallest absolute Gasteiger partial charge is 0.162 e. The zero-order chi connectivity index (χ0) is 13.7. The lowest BCUT2D eigenvalue weighted by molar-refractivity contribution is 0.355. The maximum atomic E-state index is 5.35. The van der Waals surface area contributed by atoms with Gasteiger partial charge < -0.3 is 14.8 Å². The largest absolute Gasteiger partial charge is 0.493 e. The van der Waals surface area contributed by atoms with Crippen LogP contribution in [0.25, 0.3) is 0 Å². The SMILES string of the molecule is COc1cc(C)c(NCC2CC=CCC2)cc1OC. The van der Waals surface area contributed by atoms with Crippen molar-refractivity contribution in [1.82, 2.24) is 0 Å². The molecule has 0 radical (unpaired) electrons. The molecule has 0 bridgehead atoms. The lowest BCUT2D eigenvalue weighted by Gasteiger charge is -2.20. The van der Waals surface area contributed by atoms with Crippen LogP contribution in [-0.4, -0.2) is 20.8 Å². The predicted molar refractivity (Wildman–Crippen MR) is 79.3 cm³/mol. The number of aryl methyl sites for hydroxylation is 1. The van der Waals surface area contributed by atoms with Gasteiger partial charge in [-0.1, -0.05) is 12.2 Å². The molecule has 19 heavy (non-hydrogen) atoms. The molecule has 2 rings (SSSR count). The molecule has 1 atom stereocenters. The molecule has 3 heteroatoms. The van der Waals surface area contributed by atoms with Crippen LogP contribution >= 0.6 is 0 Å². The van der Waals surface area contributed by atoms with Gasteiger partial charge in [-0.25, -0.2) is 0 Å². The van der Waals surface area contributed by atoms with Gasteiger partial charge in [-0.05, 0) is 43.7 Å². The zero-order valence-corrected chi connectivity index (χ0v) is 12.0. The lowest BCUT2D eigenvalue weighted by atomic mass is 9.94. The Kier molecular flexibility index (Phi) is 4.72. The molecule has 0 aromatic heterocycles.